The van der Waals surface area contributed by atoms with Gasteiger partial charge >= 0.3 is 0 Å². The van der Waals surface area contributed by atoms with Gasteiger partial charge in [-0.15, -0.1) is 0 Å². The molecule has 2 atom stereocenters. The number of halogens is 2. The molecule has 1 aliphatic rings. The van der Waals surface area contributed by atoms with Crippen molar-refractivity contribution < 1.29 is 14.6 Å². The Labute approximate surface area is 218 Å². The van der Waals surface area contributed by atoms with Crippen molar-refractivity contribution in [1.29, 1.82) is 0 Å². The molecular formula is C27H24Cl2N4O3. The molecule has 3 heterocycles. The predicted octanol–water partition coefficient (Wildman–Crippen LogP) is 4.88. The zero-order valence-electron chi connectivity index (χ0n) is 19.9. The molecule has 1 amide bonds. The maximum Gasteiger partial charge on any atom is 0.257 e. The van der Waals surface area contributed by atoms with Gasteiger partial charge in [-0.3, -0.25) is 19.4 Å². The van der Waals surface area contributed by atoms with E-state index in [-0.39, 0.29) is 12.5 Å². The third-order valence-electron chi connectivity index (χ3n) is 6.71. The number of carbonyl (C=O) groups is 1. The number of aromatic nitrogens is 3. The fraction of sp³-hybridized carbons (Fsp3) is 0.222. The minimum absolute atomic E-state index is 0.176. The molecule has 0 saturated carbocycles. The summed E-state index contributed by atoms with van der Waals surface area (Å²) in [5.74, 6) is -0.248. The molecule has 1 unspecified atom stereocenters. The van der Waals surface area contributed by atoms with E-state index in [0.717, 1.165) is 5.56 Å². The lowest BCUT2D eigenvalue weighted by atomic mass is 9.86. The molecule has 1 aliphatic heterocycles. The lowest BCUT2D eigenvalue weighted by molar-refractivity contribution is -0.0868. The van der Waals surface area contributed by atoms with E-state index in [4.69, 9.17) is 27.9 Å². The topological polar surface area (TPSA) is 80.5 Å². The second kappa shape index (κ2) is 9.01. The van der Waals surface area contributed by atoms with Crippen molar-refractivity contribution >= 4 is 29.1 Å². The summed E-state index contributed by atoms with van der Waals surface area (Å²) in [6.45, 7) is 1.86. The second-order valence-corrected chi connectivity index (χ2v) is 9.82. The first-order valence-electron chi connectivity index (χ1n) is 11.3. The molecular weight excluding hydrogens is 499 g/mol. The number of amides is 1. The van der Waals surface area contributed by atoms with Gasteiger partial charge in [0, 0.05) is 53.8 Å². The molecule has 0 spiro atoms. The fourth-order valence-corrected chi connectivity index (χ4v) is 5.00. The number of rotatable bonds is 6. The number of nitrogens with zero attached hydrogens (tertiary/aromatic N) is 4. The third kappa shape index (κ3) is 3.89. The summed E-state index contributed by atoms with van der Waals surface area (Å²) in [6, 6.07) is 16.1. The first-order valence-corrected chi connectivity index (χ1v) is 12.0. The molecule has 4 aromatic rings. The van der Waals surface area contributed by atoms with Crippen LogP contribution in [0.4, 0.5) is 0 Å². The molecule has 0 aliphatic carbocycles. The quantitative estimate of drug-likeness (QED) is 0.390. The molecule has 0 bridgehead atoms. The highest BCUT2D eigenvalue weighted by atomic mass is 35.5. The molecule has 9 heteroatoms. The van der Waals surface area contributed by atoms with Gasteiger partial charge in [-0.1, -0.05) is 47.5 Å². The van der Waals surface area contributed by atoms with Gasteiger partial charge in [0.2, 0.25) is 0 Å². The van der Waals surface area contributed by atoms with Gasteiger partial charge in [0.05, 0.1) is 23.5 Å². The molecule has 2 aromatic carbocycles. The van der Waals surface area contributed by atoms with Gasteiger partial charge in [0.25, 0.3) is 5.91 Å². The molecule has 0 fully saturated rings. The Morgan fingerprint density at radius 3 is 2.36 bits per heavy atom. The van der Waals surface area contributed by atoms with Crippen LogP contribution in [-0.4, -0.2) is 37.8 Å². The van der Waals surface area contributed by atoms with E-state index in [0.29, 0.717) is 38.0 Å². The van der Waals surface area contributed by atoms with Gasteiger partial charge < -0.3 is 9.84 Å². The molecule has 0 saturated heterocycles. The summed E-state index contributed by atoms with van der Waals surface area (Å²) in [5.41, 5.74) is 1.09. The van der Waals surface area contributed by atoms with E-state index >= 15 is 0 Å². The number of aryl methyl sites for hydroxylation is 1. The van der Waals surface area contributed by atoms with E-state index < -0.39 is 11.3 Å². The van der Waals surface area contributed by atoms with Gasteiger partial charge in [-0.25, -0.2) is 0 Å². The van der Waals surface area contributed by atoms with Crippen LogP contribution in [0.15, 0.2) is 73.2 Å². The van der Waals surface area contributed by atoms with Gasteiger partial charge in [0.1, 0.15) is 5.60 Å². The van der Waals surface area contributed by atoms with Crippen LogP contribution in [0, 0.1) is 0 Å². The lowest BCUT2D eigenvalue weighted by Gasteiger charge is -2.38. The standard InChI is InChI=1S/C27H24Cl2N4O3/c1-26(35,19-13-31-32(2)15-19)18-6-11-24-23(12-18)25(34)33(16-22-10-9-21(29)14-30-22)27(24,36-3)17-4-7-20(28)8-5-17/h4-15,35H,16H2,1-3H3/t26?,27-/m1/s1. The van der Waals surface area contributed by atoms with Crippen molar-refractivity contribution in [2.45, 2.75) is 24.8 Å². The number of pyridine rings is 1. The highest BCUT2D eigenvalue weighted by Crippen LogP contribution is 2.47. The normalized spacial score (nSPS) is 18.8. The lowest BCUT2D eigenvalue weighted by Crippen LogP contribution is -2.45. The van der Waals surface area contributed by atoms with Crippen LogP contribution in [0.5, 0.6) is 0 Å². The maximum absolute atomic E-state index is 14.0. The van der Waals surface area contributed by atoms with Crippen molar-refractivity contribution in [1.82, 2.24) is 19.7 Å². The van der Waals surface area contributed by atoms with Crippen LogP contribution in [0.3, 0.4) is 0 Å². The van der Waals surface area contributed by atoms with Gasteiger partial charge in [-0.2, -0.15) is 5.10 Å². The van der Waals surface area contributed by atoms with E-state index in [2.05, 4.69) is 10.1 Å². The molecule has 2 aromatic heterocycles. The number of ether oxygens (including phenoxy) is 1. The van der Waals surface area contributed by atoms with Crippen molar-refractivity contribution in [2.75, 3.05) is 7.11 Å². The third-order valence-corrected chi connectivity index (χ3v) is 7.18. The number of carbonyl (C=O) groups excluding carboxylic acids is 1. The molecule has 7 nitrogen and oxygen atoms in total. The van der Waals surface area contributed by atoms with Gasteiger partial charge in [-0.05, 0) is 42.8 Å². The minimum atomic E-state index is -1.36. The Balaban J connectivity index is 1.67. The van der Waals surface area contributed by atoms with E-state index in [1.807, 2.05) is 24.3 Å². The summed E-state index contributed by atoms with van der Waals surface area (Å²) in [5, 5.41) is 16.7. The van der Waals surface area contributed by atoms with Crippen molar-refractivity contribution in [3.8, 4) is 0 Å². The number of methoxy groups -OCH3 is 1. The monoisotopic (exact) mass is 522 g/mol. The van der Waals surface area contributed by atoms with E-state index in [1.54, 1.807) is 79.6 Å². The van der Waals surface area contributed by atoms with E-state index in [1.165, 1.54) is 0 Å². The fourth-order valence-electron chi connectivity index (χ4n) is 4.76. The summed E-state index contributed by atoms with van der Waals surface area (Å²) in [7, 11) is 3.35. The number of hydrogen-bond acceptors (Lipinski definition) is 5. The molecule has 0 radical (unpaired) electrons. The molecule has 36 heavy (non-hydrogen) atoms. The first kappa shape index (κ1) is 24.5. The Kier molecular flexibility index (Phi) is 6.12. The van der Waals surface area contributed by atoms with Crippen molar-refractivity contribution in [3.63, 3.8) is 0 Å². The van der Waals surface area contributed by atoms with Crippen molar-refractivity contribution in [3.05, 3.63) is 117 Å². The molecule has 5 rings (SSSR count). The van der Waals surface area contributed by atoms with Crippen molar-refractivity contribution in [2.24, 2.45) is 7.05 Å². The minimum Gasteiger partial charge on any atom is -0.381 e. The average Bonchev–Trinajstić information content (AvgIpc) is 3.41. The summed E-state index contributed by atoms with van der Waals surface area (Å²) >= 11 is 12.2. The molecule has 184 valence electrons. The highest BCUT2D eigenvalue weighted by Gasteiger charge is 2.52. The Morgan fingerprint density at radius 2 is 1.75 bits per heavy atom. The highest BCUT2D eigenvalue weighted by molar-refractivity contribution is 6.30. The average molecular weight is 523 g/mol. The zero-order valence-corrected chi connectivity index (χ0v) is 21.5. The number of fused-ring (bicyclic) bond motifs is 1. The predicted molar refractivity (Wildman–Crippen MR) is 137 cm³/mol. The van der Waals surface area contributed by atoms with Crippen LogP contribution in [-0.2, 0) is 29.7 Å². The number of benzene rings is 2. The van der Waals surface area contributed by atoms with Crippen LogP contribution >= 0.6 is 23.2 Å². The SMILES string of the molecule is CO[C@]1(c2ccc(Cl)cc2)c2ccc(C(C)(O)c3cnn(C)c3)cc2C(=O)N1Cc1ccc(Cl)cn1. The van der Waals surface area contributed by atoms with Crippen LogP contribution in [0.1, 0.15) is 45.2 Å². The number of aliphatic hydroxyl groups is 1. The Bertz CT molecular complexity index is 1430. The smallest absolute Gasteiger partial charge is 0.257 e. The Morgan fingerprint density at radius 1 is 1.03 bits per heavy atom. The Hall–Kier alpha value is -3.23. The van der Waals surface area contributed by atoms with Crippen LogP contribution < -0.4 is 0 Å². The maximum atomic E-state index is 14.0. The van der Waals surface area contributed by atoms with Crippen LogP contribution in [0.25, 0.3) is 0 Å². The van der Waals surface area contributed by atoms with Crippen LogP contribution in [0.2, 0.25) is 10.0 Å². The van der Waals surface area contributed by atoms with E-state index in [9.17, 15) is 9.90 Å². The summed E-state index contributed by atoms with van der Waals surface area (Å²) < 4.78 is 7.80. The summed E-state index contributed by atoms with van der Waals surface area (Å²) in [4.78, 5) is 20.0. The number of hydrogen-bond donors (Lipinski definition) is 1. The molecule has 1 N–H and O–H groups in total. The second-order valence-electron chi connectivity index (χ2n) is 8.95. The summed E-state index contributed by atoms with van der Waals surface area (Å²) in [6.07, 6.45) is 4.91. The first-order chi connectivity index (χ1) is 17.2. The van der Waals surface area contributed by atoms with Gasteiger partial charge in [0.15, 0.2) is 5.72 Å². The largest absolute Gasteiger partial charge is 0.381 e. The zero-order chi connectivity index (χ0) is 25.7.